The molecule has 0 unspecified atom stereocenters. The van der Waals surface area contributed by atoms with E-state index in [9.17, 15) is 22.0 Å². The van der Waals surface area contributed by atoms with Gasteiger partial charge in [-0.25, -0.2) is 17.2 Å². The minimum Gasteiger partial charge on any atom is -0.493 e. The van der Waals surface area contributed by atoms with Crippen molar-refractivity contribution in [3.05, 3.63) is 78.4 Å². The standard InChI is InChI=1S/C22H20F2N2O5S/c1-30-20-11-9-16(13-21(20)31-2)26(32(28,29)17-6-4-3-5-7-17)14-22(27)25-15-8-10-18(23)19(24)12-15/h3-13H,14H2,1-2H3,(H,25,27). The van der Waals surface area contributed by atoms with E-state index >= 15 is 0 Å². The summed E-state index contributed by atoms with van der Waals surface area (Å²) in [6, 6.07) is 14.8. The zero-order valence-corrected chi connectivity index (χ0v) is 18.0. The number of carbonyl (C=O) groups excluding carboxylic acids is 1. The summed E-state index contributed by atoms with van der Waals surface area (Å²) in [6.07, 6.45) is 0. The number of hydrogen-bond donors (Lipinski definition) is 1. The zero-order valence-electron chi connectivity index (χ0n) is 17.2. The molecule has 0 saturated heterocycles. The van der Waals surface area contributed by atoms with Crippen molar-refractivity contribution in [2.45, 2.75) is 4.90 Å². The lowest BCUT2D eigenvalue weighted by Gasteiger charge is -2.25. The fourth-order valence-electron chi connectivity index (χ4n) is 2.92. The minimum absolute atomic E-state index is 0.0155. The number of halogens is 2. The molecule has 0 radical (unpaired) electrons. The second-order valence-electron chi connectivity index (χ2n) is 6.54. The maximum absolute atomic E-state index is 13.5. The average molecular weight is 462 g/mol. The second kappa shape index (κ2) is 9.65. The Morgan fingerprint density at radius 2 is 1.59 bits per heavy atom. The van der Waals surface area contributed by atoms with E-state index in [1.807, 2.05) is 0 Å². The van der Waals surface area contributed by atoms with Gasteiger partial charge in [0.25, 0.3) is 10.0 Å². The Balaban J connectivity index is 1.99. The molecule has 1 N–H and O–H groups in total. The molecule has 3 aromatic carbocycles. The van der Waals surface area contributed by atoms with Crippen LogP contribution in [-0.4, -0.2) is 35.1 Å². The van der Waals surface area contributed by atoms with Crippen LogP contribution in [0, 0.1) is 11.6 Å². The van der Waals surface area contributed by atoms with Crippen molar-refractivity contribution in [2.75, 3.05) is 30.4 Å². The molecule has 0 aromatic heterocycles. The average Bonchev–Trinajstić information content (AvgIpc) is 2.80. The highest BCUT2D eigenvalue weighted by Gasteiger charge is 2.28. The highest BCUT2D eigenvalue weighted by atomic mass is 32.2. The van der Waals surface area contributed by atoms with Gasteiger partial charge in [0.2, 0.25) is 5.91 Å². The molecule has 0 aliphatic heterocycles. The predicted octanol–water partition coefficient (Wildman–Crippen LogP) is 3.82. The van der Waals surface area contributed by atoms with E-state index in [1.54, 1.807) is 18.2 Å². The third kappa shape index (κ3) is 4.97. The topological polar surface area (TPSA) is 84.9 Å². The van der Waals surface area contributed by atoms with Gasteiger partial charge in [0, 0.05) is 17.8 Å². The number of carbonyl (C=O) groups is 1. The fraction of sp³-hybridized carbons (Fsp3) is 0.136. The van der Waals surface area contributed by atoms with Gasteiger partial charge in [0.05, 0.1) is 24.8 Å². The van der Waals surface area contributed by atoms with E-state index < -0.39 is 34.1 Å². The number of amides is 1. The molecule has 7 nitrogen and oxygen atoms in total. The Morgan fingerprint density at radius 1 is 0.906 bits per heavy atom. The van der Waals surface area contributed by atoms with Gasteiger partial charge in [-0.1, -0.05) is 18.2 Å². The monoisotopic (exact) mass is 462 g/mol. The van der Waals surface area contributed by atoms with E-state index in [1.165, 1.54) is 50.6 Å². The molecule has 32 heavy (non-hydrogen) atoms. The molecule has 0 heterocycles. The number of ether oxygens (including phenoxy) is 2. The number of benzene rings is 3. The summed E-state index contributed by atoms with van der Waals surface area (Å²) < 4.78 is 64.6. The number of rotatable bonds is 8. The summed E-state index contributed by atoms with van der Waals surface area (Å²) >= 11 is 0. The van der Waals surface area contributed by atoms with Crippen LogP contribution in [0.15, 0.2) is 71.6 Å². The van der Waals surface area contributed by atoms with Crippen LogP contribution in [0.3, 0.4) is 0 Å². The molecule has 0 saturated carbocycles. The molecule has 0 spiro atoms. The van der Waals surface area contributed by atoms with Crippen molar-refractivity contribution < 1.29 is 31.5 Å². The summed E-state index contributed by atoms with van der Waals surface area (Å²) in [5.74, 6) is -2.33. The Labute approximate surface area is 184 Å². The molecular weight excluding hydrogens is 442 g/mol. The maximum Gasteiger partial charge on any atom is 0.264 e. The lowest BCUT2D eigenvalue weighted by atomic mass is 10.2. The van der Waals surface area contributed by atoms with Crippen molar-refractivity contribution in [1.29, 1.82) is 0 Å². The lowest BCUT2D eigenvalue weighted by Crippen LogP contribution is -2.38. The predicted molar refractivity (Wildman–Crippen MR) is 116 cm³/mol. The lowest BCUT2D eigenvalue weighted by molar-refractivity contribution is -0.114. The zero-order chi connectivity index (χ0) is 23.3. The molecule has 3 rings (SSSR count). The molecule has 0 bridgehead atoms. The molecule has 0 aliphatic carbocycles. The first-order valence-electron chi connectivity index (χ1n) is 9.31. The van der Waals surface area contributed by atoms with E-state index in [-0.39, 0.29) is 22.0 Å². The Morgan fingerprint density at radius 3 is 2.22 bits per heavy atom. The second-order valence-corrected chi connectivity index (χ2v) is 8.40. The third-order valence-corrected chi connectivity index (χ3v) is 6.26. The van der Waals surface area contributed by atoms with Gasteiger partial charge in [-0.05, 0) is 36.4 Å². The molecule has 1 amide bonds. The van der Waals surface area contributed by atoms with E-state index in [2.05, 4.69) is 5.32 Å². The Hall–Kier alpha value is -3.66. The molecule has 168 valence electrons. The van der Waals surface area contributed by atoms with Crippen LogP contribution in [0.1, 0.15) is 0 Å². The third-order valence-electron chi connectivity index (χ3n) is 4.48. The summed E-state index contributed by atoms with van der Waals surface area (Å²) in [6.45, 7) is -0.633. The SMILES string of the molecule is COc1ccc(N(CC(=O)Nc2ccc(F)c(F)c2)S(=O)(=O)c2ccccc2)cc1OC. The largest absolute Gasteiger partial charge is 0.493 e. The normalized spacial score (nSPS) is 11.0. The van der Waals surface area contributed by atoms with Gasteiger partial charge in [0.15, 0.2) is 23.1 Å². The van der Waals surface area contributed by atoms with Crippen molar-refractivity contribution in [1.82, 2.24) is 0 Å². The summed E-state index contributed by atoms with van der Waals surface area (Å²) in [4.78, 5) is 12.6. The van der Waals surface area contributed by atoms with Crippen molar-refractivity contribution >= 4 is 27.3 Å². The van der Waals surface area contributed by atoms with Crippen molar-refractivity contribution in [3.63, 3.8) is 0 Å². The number of nitrogens with one attached hydrogen (secondary N) is 1. The molecule has 3 aromatic rings. The van der Waals surface area contributed by atoms with Gasteiger partial charge in [0.1, 0.15) is 6.54 Å². The van der Waals surface area contributed by atoms with Crippen LogP contribution in [0.25, 0.3) is 0 Å². The van der Waals surface area contributed by atoms with Gasteiger partial charge < -0.3 is 14.8 Å². The van der Waals surface area contributed by atoms with Crippen LogP contribution in [0.4, 0.5) is 20.2 Å². The van der Waals surface area contributed by atoms with E-state index in [0.29, 0.717) is 5.75 Å². The van der Waals surface area contributed by atoms with Gasteiger partial charge in [-0.3, -0.25) is 9.10 Å². The molecule has 0 aliphatic rings. The maximum atomic E-state index is 13.5. The van der Waals surface area contributed by atoms with Crippen molar-refractivity contribution in [3.8, 4) is 11.5 Å². The van der Waals surface area contributed by atoms with Gasteiger partial charge in [-0.15, -0.1) is 0 Å². The van der Waals surface area contributed by atoms with Crippen LogP contribution in [0.5, 0.6) is 11.5 Å². The number of nitrogens with zero attached hydrogens (tertiary/aromatic N) is 1. The summed E-state index contributed by atoms with van der Waals surface area (Å²) in [7, 11) is -1.33. The first-order chi connectivity index (χ1) is 15.3. The number of methoxy groups -OCH3 is 2. The van der Waals surface area contributed by atoms with Gasteiger partial charge in [-0.2, -0.15) is 0 Å². The highest BCUT2D eigenvalue weighted by Crippen LogP contribution is 2.33. The number of sulfonamides is 1. The van der Waals surface area contributed by atoms with Crippen molar-refractivity contribution in [2.24, 2.45) is 0 Å². The molecule has 0 atom stereocenters. The van der Waals surface area contributed by atoms with E-state index in [0.717, 1.165) is 16.4 Å². The van der Waals surface area contributed by atoms with E-state index in [4.69, 9.17) is 9.47 Å². The van der Waals surface area contributed by atoms with Crippen LogP contribution in [0.2, 0.25) is 0 Å². The number of hydrogen-bond acceptors (Lipinski definition) is 5. The summed E-state index contributed by atoms with van der Waals surface area (Å²) in [5.41, 5.74) is 0.130. The Kier molecular flexibility index (Phi) is 6.94. The van der Waals surface area contributed by atoms with Crippen LogP contribution >= 0.6 is 0 Å². The van der Waals surface area contributed by atoms with Crippen LogP contribution < -0.4 is 19.1 Å². The van der Waals surface area contributed by atoms with Crippen LogP contribution in [-0.2, 0) is 14.8 Å². The fourth-order valence-corrected chi connectivity index (χ4v) is 4.35. The first-order valence-corrected chi connectivity index (χ1v) is 10.7. The first kappa shape index (κ1) is 23.0. The minimum atomic E-state index is -4.16. The molecule has 10 heteroatoms. The Bertz CT molecular complexity index is 1220. The highest BCUT2D eigenvalue weighted by molar-refractivity contribution is 7.92. The quantitative estimate of drug-likeness (QED) is 0.550. The molecule has 0 fully saturated rings. The number of anilines is 2. The molecular formula is C22H20F2N2O5S. The van der Waals surface area contributed by atoms with Gasteiger partial charge >= 0.3 is 0 Å². The smallest absolute Gasteiger partial charge is 0.264 e. The summed E-state index contributed by atoms with van der Waals surface area (Å²) in [5, 5.41) is 2.38.